The van der Waals surface area contributed by atoms with Crippen LogP contribution < -0.4 is 5.32 Å². The van der Waals surface area contributed by atoms with Crippen molar-refractivity contribution in [2.24, 2.45) is 5.92 Å². The van der Waals surface area contributed by atoms with Crippen molar-refractivity contribution >= 4 is 11.6 Å². The molecule has 1 fully saturated rings. The second-order valence-corrected chi connectivity index (χ2v) is 7.65. The summed E-state index contributed by atoms with van der Waals surface area (Å²) in [5.74, 6) is 0.888. The van der Waals surface area contributed by atoms with E-state index in [-0.39, 0.29) is 5.91 Å². The topological polar surface area (TPSA) is 32.3 Å². The van der Waals surface area contributed by atoms with E-state index in [1.165, 1.54) is 36.0 Å². The summed E-state index contributed by atoms with van der Waals surface area (Å²) in [4.78, 5) is 14.7. The van der Waals surface area contributed by atoms with E-state index in [0.29, 0.717) is 6.42 Å². The lowest BCUT2D eigenvalue weighted by atomic mass is 9.90. The van der Waals surface area contributed by atoms with Crippen molar-refractivity contribution in [3.8, 4) is 0 Å². The Morgan fingerprint density at radius 2 is 1.69 bits per heavy atom. The minimum Gasteiger partial charge on any atom is -0.326 e. The third-order valence-electron chi connectivity index (χ3n) is 5.23. The van der Waals surface area contributed by atoms with Crippen molar-refractivity contribution in [3.63, 3.8) is 0 Å². The highest BCUT2D eigenvalue weighted by molar-refractivity contribution is 5.91. The number of hydrogen-bond acceptors (Lipinski definition) is 2. The predicted octanol–water partition coefficient (Wildman–Crippen LogP) is 4.59. The van der Waals surface area contributed by atoms with Crippen molar-refractivity contribution in [2.75, 3.05) is 25.0 Å². The summed E-state index contributed by atoms with van der Waals surface area (Å²) >= 11 is 0. The number of carbonyl (C=O) groups is 1. The SMILES string of the molecule is Cc1cc(C)cc(NC(=O)CCN2CCC(Cc3ccccc3)CC2)c1. The van der Waals surface area contributed by atoms with Crippen LogP contribution >= 0.6 is 0 Å². The molecule has 0 bridgehead atoms. The van der Waals surface area contributed by atoms with E-state index in [9.17, 15) is 4.79 Å². The average molecular weight is 351 g/mol. The maximum Gasteiger partial charge on any atom is 0.225 e. The van der Waals surface area contributed by atoms with Crippen molar-refractivity contribution in [1.29, 1.82) is 0 Å². The Labute approximate surface area is 157 Å². The summed E-state index contributed by atoms with van der Waals surface area (Å²) in [6.45, 7) is 7.18. The lowest BCUT2D eigenvalue weighted by Crippen LogP contribution is -2.36. The zero-order valence-electron chi connectivity index (χ0n) is 16.0. The van der Waals surface area contributed by atoms with E-state index in [2.05, 4.69) is 60.5 Å². The Hall–Kier alpha value is -2.13. The molecule has 2 aromatic carbocycles. The fraction of sp³-hybridized carbons (Fsp3) is 0.435. The molecule has 0 atom stereocenters. The molecule has 0 aromatic heterocycles. The molecule has 0 spiro atoms. The molecular weight excluding hydrogens is 320 g/mol. The molecule has 0 saturated carbocycles. The van der Waals surface area contributed by atoms with Crippen molar-refractivity contribution < 1.29 is 4.79 Å². The fourth-order valence-corrected chi connectivity index (χ4v) is 3.89. The zero-order valence-corrected chi connectivity index (χ0v) is 16.0. The Morgan fingerprint density at radius 3 is 2.35 bits per heavy atom. The summed E-state index contributed by atoms with van der Waals surface area (Å²) in [6, 6.07) is 17.0. The predicted molar refractivity (Wildman–Crippen MR) is 108 cm³/mol. The molecule has 1 heterocycles. The van der Waals surface area contributed by atoms with Gasteiger partial charge in [0, 0.05) is 18.7 Å². The second-order valence-electron chi connectivity index (χ2n) is 7.65. The standard InChI is InChI=1S/C23H30N2O/c1-18-14-19(2)16-22(15-18)24-23(26)10-13-25-11-8-21(9-12-25)17-20-6-4-3-5-7-20/h3-7,14-16,21H,8-13,17H2,1-2H3,(H,24,26). The smallest absolute Gasteiger partial charge is 0.225 e. The van der Waals surface area contributed by atoms with Crippen LogP contribution in [0.4, 0.5) is 5.69 Å². The summed E-state index contributed by atoms with van der Waals surface area (Å²) in [6.07, 6.45) is 4.21. The summed E-state index contributed by atoms with van der Waals surface area (Å²) in [5, 5.41) is 3.04. The molecule has 1 saturated heterocycles. The van der Waals surface area contributed by atoms with Crippen LogP contribution in [-0.4, -0.2) is 30.4 Å². The minimum absolute atomic E-state index is 0.112. The third-order valence-corrected chi connectivity index (χ3v) is 5.23. The Bertz CT molecular complexity index is 698. The molecule has 1 amide bonds. The quantitative estimate of drug-likeness (QED) is 0.826. The van der Waals surface area contributed by atoms with Crippen LogP contribution in [0.2, 0.25) is 0 Å². The van der Waals surface area contributed by atoms with E-state index in [1.54, 1.807) is 0 Å². The van der Waals surface area contributed by atoms with Crippen LogP contribution in [0, 0.1) is 19.8 Å². The van der Waals surface area contributed by atoms with Gasteiger partial charge in [-0.05, 0) is 80.9 Å². The Morgan fingerprint density at radius 1 is 1.04 bits per heavy atom. The maximum atomic E-state index is 12.2. The van der Waals surface area contributed by atoms with Gasteiger partial charge in [0.25, 0.3) is 0 Å². The minimum atomic E-state index is 0.112. The molecule has 3 heteroatoms. The van der Waals surface area contributed by atoms with E-state index in [1.807, 2.05) is 12.1 Å². The number of rotatable bonds is 6. The fourth-order valence-electron chi connectivity index (χ4n) is 3.89. The van der Waals surface area contributed by atoms with Crippen molar-refractivity contribution in [1.82, 2.24) is 4.90 Å². The first-order valence-corrected chi connectivity index (χ1v) is 9.73. The number of benzene rings is 2. The van der Waals surface area contributed by atoms with Crippen LogP contribution in [0.15, 0.2) is 48.5 Å². The van der Waals surface area contributed by atoms with E-state index >= 15 is 0 Å². The monoisotopic (exact) mass is 350 g/mol. The number of likely N-dealkylation sites (tertiary alicyclic amines) is 1. The number of amides is 1. The highest BCUT2D eigenvalue weighted by atomic mass is 16.1. The van der Waals surface area contributed by atoms with Gasteiger partial charge >= 0.3 is 0 Å². The number of aryl methyl sites for hydroxylation is 2. The molecule has 0 unspecified atom stereocenters. The number of hydrogen-bond donors (Lipinski definition) is 1. The molecule has 0 radical (unpaired) electrons. The first-order valence-electron chi connectivity index (χ1n) is 9.73. The molecule has 2 aromatic rings. The maximum absolute atomic E-state index is 12.2. The normalized spacial score (nSPS) is 15.8. The molecule has 0 aliphatic carbocycles. The van der Waals surface area contributed by atoms with Gasteiger partial charge in [-0.1, -0.05) is 36.4 Å². The van der Waals surface area contributed by atoms with Gasteiger partial charge in [-0.15, -0.1) is 0 Å². The van der Waals surface area contributed by atoms with E-state index in [4.69, 9.17) is 0 Å². The molecule has 138 valence electrons. The van der Waals surface area contributed by atoms with Gasteiger partial charge in [-0.25, -0.2) is 0 Å². The van der Waals surface area contributed by atoms with Gasteiger partial charge in [0.1, 0.15) is 0 Å². The van der Waals surface area contributed by atoms with Crippen LogP contribution in [-0.2, 0) is 11.2 Å². The molecule has 26 heavy (non-hydrogen) atoms. The Kier molecular flexibility index (Phi) is 6.45. The first-order chi connectivity index (χ1) is 12.6. The van der Waals surface area contributed by atoms with Gasteiger partial charge in [-0.2, -0.15) is 0 Å². The van der Waals surface area contributed by atoms with Gasteiger partial charge in [-0.3, -0.25) is 4.79 Å². The van der Waals surface area contributed by atoms with E-state index < -0.39 is 0 Å². The second kappa shape index (κ2) is 9.00. The molecule has 1 aliphatic rings. The highest BCUT2D eigenvalue weighted by Gasteiger charge is 2.19. The van der Waals surface area contributed by atoms with Crippen molar-refractivity contribution in [2.45, 2.75) is 39.5 Å². The lowest BCUT2D eigenvalue weighted by Gasteiger charge is -2.31. The van der Waals surface area contributed by atoms with Gasteiger partial charge in [0.2, 0.25) is 5.91 Å². The summed E-state index contributed by atoms with van der Waals surface area (Å²) in [7, 11) is 0. The zero-order chi connectivity index (χ0) is 18.4. The third kappa shape index (κ3) is 5.70. The van der Waals surface area contributed by atoms with E-state index in [0.717, 1.165) is 31.2 Å². The average Bonchev–Trinajstić information content (AvgIpc) is 2.61. The lowest BCUT2D eigenvalue weighted by molar-refractivity contribution is -0.116. The summed E-state index contributed by atoms with van der Waals surface area (Å²) in [5.41, 5.74) is 4.72. The number of piperidine rings is 1. The van der Waals surface area contributed by atoms with Crippen LogP contribution in [0.25, 0.3) is 0 Å². The first kappa shape index (κ1) is 18.7. The van der Waals surface area contributed by atoms with Gasteiger partial charge in [0.15, 0.2) is 0 Å². The van der Waals surface area contributed by atoms with Crippen LogP contribution in [0.1, 0.15) is 36.0 Å². The number of nitrogens with zero attached hydrogens (tertiary/aromatic N) is 1. The summed E-state index contributed by atoms with van der Waals surface area (Å²) < 4.78 is 0. The number of nitrogens with one attached hydrogen (secondary N) is 1. The van der Waals surface area contributed by atoms with Crippen LogP contribution in [0.3, 0.4) is 0 Å². The molecule has 1 N–H and O–H groups in total. The number of anilines is 1. The van der Waals surface area contributed by atoms with Gasteiger partial charge in [0.05, 0.1) is 0 Å². The molecular formula is C23H30N2O. The van der Waals surface area contributed by atoms with Crippen molar-refractivity contribution in [3.05, 3.63) is 65.2 Å². The van der Waals surface area contributed by atoms with Gasteiger partial charge < -0.3 is 10.2 Å². The number of carbonyl (C=O) groups excluding carboxylic acids is 1. The van der Waals surface area contributed by atoms with Crippen LogP contribution in [0.5, 0.6) is 0 Å². The Balaban J connectivity index is 1.38. The molecule has 3 rings (SSSR count). The molecule has 3 nitrogen and oxygen atoms in total. The molecule has 1 aliphatic heterocycles. The highest BCUT2D eigenvalue weighted by Crippen LogP contribution is 2.22. The largest absolute Gasteiger partial charge is 0.326 e.